The molecule has 5 heteroatoms. The van der Waals surface area contributed by atoms with Crippen molar-refractivity contribution in [1.82, 2.24) is 4.90 Å². The number of carbonyl (C=O) groups excluding carboxylic acids is 2. The second kappa shape index (κ2) is 8.04. The lowest BCUT2D eigenvalue weighted by molar-refractivity contribution is -0.134. The van der Waals surface area contributed by atoms with Crippen molar-refractivity contribution < 1.29 is 19.1 Å². The molecule has 0 aliphatic carbocycles. The van der Waals surface area contributed by atoms with Crippen molar-refractivity contribution in [3.8, 4) is 11.5 Å². The maximum atomic E-state index is 12.7. The van der Waals surface area contributed by atoms with Gasteiger partial charge in [-0.2, -0.15) is 0 Å². The van der Waals surface area contributed by atoms with Gasteiger partial charge in [-0.3, -0.25) is 9.59 Å². The van der Waals surface area contributed by atoms with Gasteiger partial charge in [-0.15, -0.1) is 0 Å². The van der Waals surface area contributed by atoms with Crippen LogP contribution >= 0.6 is 0 Å². The van der Waals surface area contributed by atoms with Crippen molar-refractivity contribution in [3.05, 3.63) is 59.7 Å². The number of ketones is 1. The highest BCUT2D eigenvalue weighted by atomic mass is 16.5. The van der Waals surface area contributed by atoms with Crippen molar-refractivity contribution >= 4 is 11.7 Å². The van der Waals surface area contributed by atoms with Gasteiger partial charge < -0.3 is 14.4 Å². The molecule has 3 rings (SSSR count). The van der Waals surface area contributed by atoms with E-state index in [-0.39, 0.29) is 24.3 Å². The Balaban J connectivity index is 1.67. The van der Waals surface area contributed by atoms with Gasteiger partial charge in [-0.1, -0.05) is 24.3 Å². The first kappa shape index (κ1) is 18.0. The van der Waals surface area contributed by atoms with Gasteiger partial charge in [0.2, 0.25) is 0 Å². The first-order valence-corrected chi connectivity index (χ1v) is 8.75. The van der Waals surface area contributed by atoms with E-state index < -0.39 is 0 Å². The fourth-order valence-electron chi connectivity index (χ4n) is 3.29. The molecule has 0 N–H and O–H groups in total. The van der Waals surface area contributed by atoms with E-state index in [1.165, 1.54) is 6.92 Å². The summed E-state index contributed by atoms with van der Waals surface area (Å²) in [5, 5.41) is 0. The number of methoxy groups -OCH3 is 1. The number of amides is 1. The number of Topliss-reactive ketones (excluding diaryl/α,β-unsaturated/α-hetero) is 1. The van der Waals surface area contributed by atoms with Crippen LogP contribution in [0.5, 0.6) is 11.5 Å². The number of benzene rings is 2. The molecule has 2 aromatic rings. The van der Waals surface area contributed by atoms with E-state index in [1.807, 2.05) is 29.2 Å². The fraction of sp³-hybridized carbons (Fsp3) is 0.333. The van der Waals surface area contributed by atoms with E-state index in [9.17, 15) is 9.59 Å². The molecule has 0 saturated carbocycles. The van der Waals surface area contributed by atoms with E-state index >= 15 is 0 Å². The zero-order valence-electron chi connectivity index (χ0n) is 15.1. The highest BCUT2D eigenvalue weighted by Gasteiger charge is 2.30. The monoisotopic (exact) mass is 353 g/mol. The molecule has 1 amide bonds. The molecule has 1 heterocycles. The Morgan fingerprint density at radius 1 is 1.12 bits per heavy atom. The SMILES string of the molecule is COc1cccc(C2CCCN2C(=O)COc2cccc(C(C)=O)c2)c1. The lowest BCUT2D eigenvalue weighted by Gasteiger charge is -2.25. The summed E-state index contributed by atoms with van der Waals surface area (Å²) in [7, 11) is 1.64. The second-order valence-electron chi connectivity index (χ2n) is 6.39. The molecule has 26 heavy (non-hydrogen) atoms. The number of nitrogens with zero attached hydrogens (tertiary/aromatic N) is 1. The van der Waals surface area contributed by atoms with Crippen molar-refractivity contribution in [1.29, 1.82) is 0 Å². The highest BCUT2D eigenvalue weighted by molar-refractivity contribution is 5.94. The van der Waals surface area contributed by atoms with Crippen LogP contribution in [0.25, 0.3) is 0 Å². The molecule has 2 aromatic carbocycles. The predicted molar refractivity (Wildman–Crippen MR) is 98.6 cm³/mol. The first-order chi connectivity index (χ1) is 12.6. The van der Waals surface area contributed by atoms with Crippen LogP contribution in [0.3, 0.4) is 0 Å². The van der Waals surface area contributed by atoms with Crippen LogP contribution < -0.4 is 9.47 Å². The molecule has 1 aliphatic rings. The van der Waals surface area contributed by atoms with Crippen LogP contribution in [-0.4, -0.2) is 36.9 Å². The third-order valence-corrected chi connectivity index (χ3v) is 4.65. The molecule has 0 spiro atoms. The van der Waals surface area contributed by atoms with Gasteiger partial charge in [0.25, 0.3) is 5.91 Å². The minimum absolute atomic E-state index is 0.0283. The van der Waals surface area contributed by atoms with Gasteiger partial charge in [0.1, 0.15) is 11.5 Å². The molecule has 0 radical (unpaired) electrons. The van der Waals surface area contributed by atoms with E-state index in [0.29, 0.717) is 11.3 Å². The molecule has 0 aromatic heterocycles. The Hall–Kier alpha value is -2.82. The minimum atomic E-state index is -0.0523. The summed E-state index contributed by atoms with van der Waals surface area (Å²) in [5.41, 5.74) is 1.65. The Bertz CT molecular complexity index is 802. The van der Waals surface area contributed by atoms with Gasteiger partial charge in [-0.25, -0.2) is 0 Å². The smallest absolute Gasteiger partial charge is 0.261 e. The Labute approximate surface area is 153 Å². The quantitative estimate of drug-likeness (QED) is 0.744. The van der Waals surface area contributed by atoms with Gasteiger partial charge in [0, 0.05) is 12.1 Å². The van der Waals surface area contributed by atoms with Gasteiger partial charge >= 0.3 is 0 Å². The molecule has 1 fully saturated rings. The van der Waals surface area contributed by atoms with Crippen molar-refractivity contribution in [2.75, 3.05) is 20.3 Å². The maximum absolute atomic E-state index is 12.7. The number of ether oxygens (including phenoxy) is 2. The number of hydrogen-bond donors (Lipinski definition) is 0. The maximum Gasteiger partial charge on any atom is 0.261 e. The normalized spacial score (nSPS) is 16.4. The van der Waals surface area contributed by atoms with E-state index in [0.717, 1.165) is 30.7 Å². The van der Waals surface area contributed by atoms with Crippen LogP contribution in [-0.2, 0) is 4.79 Å². The molecule has 1 aliphatic heterocycles. The lowest BCUT2D eigenvalue weighted by atomic mass is 10.0. The van der Waals surface area contributed by atoms with Crippen LogP contribution in [0.15, 0.2) is 48.5 Å². The topological polar surface area (TPSA) is 55.8 Å². The summed E-state index contributed by atoms with van der Waals surface area (Å²) in [6.45, 7) is 2.19. The van der Waals surface area contributed by atoms with Gasteiger partial charge in [-0.05, 0) is 49.6 Å². The third kappa shape index (κ3) is 4.04. The van der Waals surface area contributed by atoms with Crippen molar-refractivity contribution in [3.63, 3.8) is 0 Å². The molecule has 1 saturated heterocycles. The third-order valence-electron chi connectivity index (χ3n) is 4.65. The summed E-state index contributed by atoms with van der Waals surface area (Å²) in [4.78, 5) is 26.0. The average molecular weight is 353 g/mol. The predicted octanol–water partition coefficient (Wildman–Crippen LogP) is 3.64. The molecule has 1 atom stereocenters. The standard InChI is InChI=1S/C21H23NO4/c1-15(23)16-6-3-9-19(12-16)26-14-21(24)22-11-5-10-20(22)17-7-4-8-18(13-17)25-2/h3-4,6-9,12-13,20H,5,10-11,14H2,1-2H3. The van der Waals surface area contributed by atoms with Crippen LogP contribution in [0, 0.1) is 0 Å². The van der Waals surface area contributed by atoms with E-state index in [4.69, 9.17) is 9.47 Å². The number of carbonyl (C=O) groups is 2. The second-order valence-corrected chi connectivity index (χ2v) is 6.39. The summed E-state index contributed by atoms with van der Waals surface area (Å²) in [6.07, 6.45) is 1.90. The average Bonchev–Trinajstić information content (AvgIpc) is 3.16. The highest BCUT2D eigenvalue weighted by Crippen LogP contribution is 2.33. The minimum Gasteiger partial charge on any atom is -0.497 e. The Morgan fingerprint density at radius 3 is 2.65 bits per heavy atom. The van der Waals surface area contributed by atoms with E-state index in [2.05, 4.69) is 0 Å². The molecule has 5 nitrogen and oxygen atoms in total. The van der Waals surface area contributed by atoms with Crippen LogP contribution in [0.2, 0.25) is 0 Å². The largest absolute Gasteiger partial charge is 0.497 e. The molecule has 1 unspecified atom stereocenters. The first-order valence-electron chi connectivity index (χ1n) is 8.75. The van der Waals surface area contributed by atoms with Crippen LogP contribution in [0.1, 0.15) is 41.7 Å². The zero-order valence-corrected chi connectivity index (χ0v) is 15.1. The number of likely N-dealkylation sites (tertiary alicyclic amines) is 1. The molecular weight excluding hydrogens is 330 g/mol. The Morgan fingerprint density at radius 2 is 1.88 bits per heavy atom. The summed E-state index contributed by atoms with van der Waals surface area (Å²) in [6, 6.07) is 14.8. The summed E-state index contributed by atoms with van der Waals surface area (Å²) >= 11 is 0. The molecule has 0 bridgehead atoms. The number of hydrogen-bond acceptors (Lipinski definition) is 4. The molecule has 136 valence electrons. The van der Waals surface area contributed by atoms with E-state index in [1.54, 1.807) is 31.4 Å². The fourth-order valence-corrected chi connectivity index (χ4v) is 3.29. The Kier molecular flexibility index (Phi) is 5.56. The summed E-state index contributed by atoms with van der Waals surface area (Å²) in [5.74, 6) is 1.24. The van der Waals surface area contributed by atoms with Gasteiger partial charge in [0.05, 0.1) is 13.2 Å². The zero-order chi connectivity index (χ0) is 18.5. The lowest BCUT2D eigenvalue weighted by Crippen LogP contribution is -2.34. The molecular formula is C21H23NO4. The van der Waals surface area contributed by atoms with Crippen molar-refractivity contribution in [2.45, 2.75) is 25.8 Å². The summed E-state index contributed by atoms with van der Waals surface area (Å²) < 4.78 is 10.9. The van der Waals surface area contributed by atoms with Crippen LogP contribution in [0.4, 0.5) is 0 Å². The van der Waals surface area contributed by atoms with Crippen molar-refractivity contribution in [2.24, 2.45) is 0 Å². The van der Waals surface area contributed by atoms with Gasteiger partial charge in [0.15, 0.2) is 12.4 Å². The number of rotatable bonds is 6.